The summed E-state index contributed by atoms with van der Waals surface area (Å²) in [6, 6.07) is 14.7. The number of alkyl carbamates (subject to hydrolysis) is 1. The first-order valence-corrected chi connectivity index (χ1v) is 11.2. The normalized spacial score (nSPS) is 12.8. The van der Waals surface area contributed by atoms with Crippen molar-refractivity contribution in [1.82, 2.24) is 15.5 Å². The first-order valence-electron chi connectivity index (χ1n) is 11.2. The minimum Gasteiger partial charge on any atom is -0.481 e. The van der Waals surface area contributed by atoms with Crippen LogP contribution in [0.3, 0.4) is 0 Å². The van der Waals surface area contributed by atoms with Gasteiger partial charge in [-0.15, -0.1) is 0 Å². The number of carboxylic acids is 1. The van der Waals surface area contributed by atoms with E-state index in [-0.39, 0.29) is 44.4 Å². The number of ether oxygens (including phenoxy) is 1. The van der Waals surface area contributed by atoms with Crippen molar-refractivity contribution >= 4 is 23.9 Å². The summed E-state index contributed by atoms with van der Waals surface area (Å²) in [6.45, 7) is 1.79. The zero-order valence-electron chi connectivity index (χ0n) is 19.2. The van der Waals surface area contributed by atoms with E-state index in [0.717, 1.165) is 22.3 Å². The van der Waals surface area contributed by atoms with E-state index >= 15 is 0 Å². The molecule has 3 N–H and O–H groups in total. The summed E-state index contributed by atoms with van der Waals surface area (Å²) in [7, 11) is 1.46. The van der Waals surface area contributed by atoms with Gasteiger partial charge in [0.05, 0.1) is 6.54 Å². The molecule has 9 nitrogen and oxygen atoms in total. The maximum atomic E-state index is 12.9. The van der Waals surface area contributed by atoms with Crippen LogP contribution in [0.25, 0.3) is 11.1 Å². The van der Waals surface area contributed by atoms with Gasteiger partial charge >= 0.3 is 12.1 Å². The van der Waals surface area contributed by atoms with Crippen LogP contribution in [0.1, 0.15) is 36.8 Å². The van der Waals surface area contributed by atoms with Crippen LogP contribution in [0.4, 0.5) is 4.79 Å². The van der Waals surface area contributed by atoms with Crippen molar-refractivity contribution in [2.45, 2.75) is 31.7 Å². The van der Waals surface area contributed by atoms with Gasteiger partial charge < -0.3 is 25.4 Å². The quantitative estimate of drug-likeness (QED) is 0.493. The van der Waals surface area contributed by atoms with Crippen LogP contribution in [0.15, 0.2) is 48.5 Å². The molecule has 1 unspecified atom stereocenters. The maximum absolute atomic E-state index is 12.9. The van der Waals surface area contributed by atoms with E-state index in [1.54, 1.807) is 6.92 Å². The number of benzene rings is 2. The lowest BCUT2D eigenvalue weighted by Gasteiger charge is -2.26. The number of carboxylic acid groups (broad SMARTS) is 1. The number of carbonyl (C=O) groups excluding carboxylic acids is 3. The molecule has 0 aromatic heterocycles. The Morgan fingerprint density at radius 3 is 2.15 bits per heavy atom. The Morgan fingerprint density at radius 1 is 1.03 bits per heavy atom. The largest absolute Gasteiger partial charge is 0.481 e. The molecule has 3 amide bonds. The summed E-state index contributed by atoms with van der Waals surface area (Å²) in [6.07, 6.45) is -1.26. The molecule has 3 rings (SSSR count). The highest BCUT2D eigenvalue weighted by Gasteiger charge is 2.31. The van der Waals surface area contributed by atoms with E-state index in [1.165, 1.54) is 11.9 Å². The molecule has 2 aromatic rings. The molecule has 0 radical (unpaired) electrons. The number of rotatable bonds is 10. The standard InChI is InChI=1S/C25H29N3O6/c1-3-28(14-22(29)26-2)24(32)21(12-13-23(30)31)27-25(33)34-15-20-18-10-6-4-8-16(18)17-9-5-7-11-19(17)20/h4-11,20-21H,3,12-15H2,1-2H3,(H,26,29)(H,27,33)(H,30,31). The molecule has 0 spiro atoms. The van der Waals surface area contributed by atoms with E-state index in [2.05, 4.69) is 10.6 Å². The molecule has 1 atom stereocenters. The fourth-order valence-corrected chi connectivity index (χ4v) is 4.13. The van der Waals surface area contributed by atoms with Crippen LogP contribution in [-0.2, 0) is 19.1 Å². The Kier molecular flexibility index (Phi) is 8.24. The number of nitrogens with zero attached hydrogens (tertiary/aromatic N) is 1. The number of hydrogen-bond acceptors (Lipinski definition) is 5. The first-order chi connectivity index (χ1) is 16.3. The Bertz CT molecular complexity index is 1020. The van der Waals surface area contributed by atoms with Gasteiger partial charge in [-0.1, -0.05) is 48.5 Å². The summed E-state index contributed by atoms with van der Waals surface area (Å²) >= 11 is 0. The molecule has 0 saturated heterocycles. The van der Waals surface area contributed by atoms with Gasteiger partial charge in [0, 0.05) is 25.9 Å². The van der Waals surface area contributed by atoms with Crippen molar-refractivity contribution in [2.75, 3.05) is 26.7 Å². The zero-order chi connectivity index (χ0) is 24.7. The monoisotopic (exact) mass is 467 g/mol. The minimum absolute atomic E-state index is 0.0649. The topological polar surface area (TPSA) is 125 Å². The Labute approximate surface area is 198 Å². The van der Waals surface area contributed by atoms with Crippen LogP contribution in [0.2, 0.25) is 0 Å². The SMILES string of the molecule is CCN(CC(=O)NC)C(=O)C(CCC(=O)O)NC(=O)OCC1c2ccccc2-c2ccccc21. The lowest BCUT2D eigenvalue weighted by molar-refractivity contribution is -0.139. The molecule has 0 fully saturated rings. The predicted octanol–water partition coefficient (Wildman–Crippen LogP) is 2.35. The molecule has 34 heavy (non-hydrogen) atoms. The molecule has 2 aromatic carbocycles. The van der Waals surface area contributed by atoms with Crippen molar-refractivity contribution in [3.05, 3.63) is 59.7 Å². The van der Waals surface area contributed by atoms with Crippen LogP contribution < -0.4 is 10.6 Å². The summed E-state index contributed by atoms with van der Waals surface area (Å²) in [5.41, 5.74) is 4.29. The molecule has 1 aliphatic carbocycles. The molecule has 180 valence electrons. The van der Waals surface area contributed by atoms with E-state index in [0.29, 0.717) is 0 Å². The van der Waals surface area contributed by atoms with E-state index < -0.39 is 24.0 Å². The molecular formula is C25H29N3O6. The second-order valence-corrected chi connectivity index (χ2v) is 7.98. The minimum atomic E-state index is -1.13. The van der Waals surface area contributed by atoms with Gasteiger partial charge in [-0.25, -0.2) is 4.79 Å². The highest BCUT2D eigenvalue weighted by atomic mass is 16.5. The molecule has 0 saturated carbocycles. The Balaban J connectivity index is 1.69. The third kappa shape index (κ3) is 5.72. The fourth-order valence-electron chi connectivity index (χ4n) is 4.13. The number of aliphatic carboxylic acids is 1. The first kappa shape index (κ1) is 24.8. The maximum Gasteiger partial charge on any atom is 0.407 e. The average Bonchev–Trinajstić information content (AvgIpc) is 3.16. The van der Waals surface area contributed by atoms with E-state index in [9.17, 15) is 19.2 Å². The molecule has 0 heterocycles. The van der Waals surface area contributed by atoms with Gasteiger partial charge in [-0.2, -0.15) is 0 Å². The van der Waals surface area contributed by atoms with Crippen molar-refractivity contribution in [3.8, 4) is 11.1 Å². The number of fused-ring (bicyclic) bond motifs is 3. The molecule has 0 aliphatic heterocycles. The summed E-state index contributed by atoms with van der Waals surface area (Å²) in [5, 5.41) is 14.0. The lowest BCUT2D eigenvalue weighted by Crippen LogP contribution is -2.51. The third-order valence-corrected chi connectivity index (χ3v) is 5.89. The number of amides is 3. The lowest BCUT2D eigenvalue weighted by atomic mass is 9.98. The highest BCUT2D eigenvalue weighted by Crippen LogP contribution is 2.44. The van der Waals surface area contributed by atoms with Gasteiger partial charge in [0.25, 0.3) is 0 Å². The predicted molar refractivity (Wildman–Crippen MR) is 125 cm³/mol. The van der Waals surface area contributed by atoms with E-state index in [4.69, 9.17) is 9.84 Å². The number of likely N-dealkylation sites (N-methyl/N-ethyl adjacent to an activating group) is 2. The van der Waals surface area contributed by atoms with Crippen LogP contribution in [-0.4, -0.2) is 66.7 Å². The number of hydrogen-bond donors (Lipinski definition) is 3. The third-order valence-electron chi connectivity index (χ3n) is 5.89. The second-order valence-electron chi connectivity index (χ2n) is 7.98. The fraction of sp³-hybridized carbons (Fsp3) is 0.360. The zero-order valence-corrected chi connectivity index (χ0v) is 19.2. The van der Waals surface area contributed by atoms with Crippen LogP contribution in [0, 0.1) is 0 Å². The molecule has 0 bridgehead atoms. The highest BCUT2D eigenvalue weighted by molar-refractivity contribution is 5.90. The van der Waals surface area contributed by atoms with Crippen molar-refractivity contribution in [1.29, 1.82) is 0 Å². The Hall–Kier alpha value is -3.88. The van der Waals surface area contributed by atoms with Gasteiger partial charge in [-0.3, -0.25) is 14.4 Å². The molecule has 9 heteroatoms. The second kappa shape index (κ2) is 11.3. The van der Waals surface area contributed by atoms with E-state index in [1.807, 2.05) is 48.5 Å². The Morgan fingerprint density at radius 2 is 1.62 bits per heavy atom. The summed E-state index contributed by atoms with van der Waals surface area (Å²) in [4.78, 5) is 49.7. The van der Waals surface area contributed by atoms with Crippen molar-refractivity contribution in [3.63, 3.8) is 0 Å². The average molecular weight is 468 g/mol. The van der Waals surface area contributed by atoms with Crippen molar-refractivity contribution < 1.29 is 29.0 Å². The van der Waals surface area contributed by atoms with Gasteiger partial charge in [0.1, 0.15) is 12.6 Å². The van der Waals surface area contributed by atoms with Gasteiger partial charge in [-0.05, 0) is 35.6 Å². The van der Waals surface area contributed by atoms with Gasteiger partial charge in [0.2, 0.25) is 11.8 Å². The number of carbonyl (C=O) groups is 4. The molecule has 1 aliphatic rings. The van der Waals surface area contributed by atoms with Crippen LogP contribution >= 0.6 is 0 Å². The smallest absolute Gasteiger partial charge is 0.407 e. The molecular weight excluding hydrogens is 438 g/mol. The number of nitrogens with one attached hydrogen (secondary N) is 2. The van der Waals surface area contributed by atoms with Crippen LogP contribution in [0.5, 0.6) is 0 Å². The summed E-state index contributed by atoms with van der Waals surface area (Å²) < 4.78 is 5.50. The van der Waals surface area contributed by atoms with Crippen molar-refractivity contribution in [2.24, 2.45) is 0 Å². The summed E-state index contributed by atoms with van der Waals surface area (Å²) in [5.74, 6) is -2.15. The van der Waals surface area contributed by atoms with Gasteiger partial charge in [0.15, 0.2) is 0 Å².